The quantitative estimate of drug-likeness (QED) is 0.671. The van der Waals surface area contributed by atoms with Crippen LogP contribution in [0.5, 0.6) is 0 Å². The first-order valence-electron chi connectivity index (χ1n) is 6.38. The second-order valence-corrected chi connectivity index (χ2v) is 4.60. The monoisotopic (exact) mass is 306 g/mol. The van der Waals surface area contributed by atoms with Crippen molar-refractivity contribution in [2.75, 3.05) is 11.5 Å². The van der Waals surface area contributed by atoms with Gasteiger partial charge in [-0.05, 0) is 6.92 Å². The summed E-state index contributed by atoms with van der Waals surface area (Å²) >= 11 is 0. The van der Waals surface area contributed by atoms with E-state index in [4.69, 9.17) is 22.0 Å². The van der Waals surface area contributed by atoms with Crippen LogP contribution in [0.15, 0.2) is 18.5 Å². The van der Waals surface area contributed by atoms with Crippen LogP contribution >= 0.6 is 0 Å². The third-order valence-corrected chi connectivity index (χ3v) is 3.09. The van der Waals surface area contributed by atoms with Crippen molar-refractivity contribution in [3.8, 4) is 23.9 Å². The third-order valence-electron chi connectivity index (χ3n) is 3.09. The number of aromatic nitrogens is 6. The van der Waals surface area contributed by atoms with Gasteiger partial charge in [0.05, 0.1) is 12.4 Å². The van der Waals surface area contributed by atoms with Crippen LogP contribution in [0.1, 0.15) is 16.8 Å². The Morgan fingerprint density at radius 1 is 0.957 bits per heavy atom. The standard InChI is InChI=1S/C13H10N10/c1-7-2-10(22-11(16)8(3-14)5-18-22)21-13(20-7)23-12(17)9(4-15)6-19-23/h2,5-6H,16-17H2,1H3. The van der Waals surface area contributed by atoms with E-state index in [1.54, 1.807) is 13.0 Å². The van der Waals surface area contributed by atoms with Crippen molar-refractivity contribution >= 4 is 11.6 Å². The molecule has 3 rings (SSSR count). The number of aryl methyl sites for hydroxylation is 1. The highest BCUT2D eigenvalue weighted by Crippen LogP contribution is 2.18. The molecule has 0 aliphatic heterocycles. The van der Waals surface area contributed by atoms with Gasteiger partial charge in [-0.1, -0.05) is 0 Å². The highest BCUT2D eigenvalue weighted by molar-refractivity contribution is 5.53. The summed E-state index contributed by atoms with van der Waals surface area (Å²) in [6.45, 7) is 1.75. The smallest absolute Gasteiger partial charge is 0.254 e. The van der Waals surface area contributed by atoms with Gasteiger partial charge in [-0.2, -0.15) is 35.1 Å². The van der Waals surface area contributed by atoms with Crippen LogP contribution in [0.3, 0.4) is 0 Å². The Labute approximate surface area is 130 Å². The van der Waals surface area contributed by atoms with Gasteiger partial charge < -0.3 is 11.5 Å². The maximum absolute atomic E-state index is 8.95. The van der Waals surface area contributed by atoms with Crippen molar-refractivity contribution in [1.82, 2.24) is 29.5 Å². The van der Waals surface area contributed by atoms with Crippen LogP contribution in [0.2, 0.25) is 0 Å². The van der Waals surface area contributed by atoms with Crippen molar-refractivity contribution in [2.45, 2.75) is 6.92 Å². The van der Waals surface area contributed by atoms with Crippen LogP contribution in [0.25, 0.3) is 11.8 Å². The zero-order chi connectivity index (χ0) is 16.6. The summed E-state index contributed by atoms with van der Waals surface area (Å²) in [5.74, 6) is 0.838. The van der Waals surface area contributed by atoms with E-state index in [0.29, 0.717) is 11.5 Å². The summed E-state index contributed by atoms with van der Waals surface area (Å²) in [5, 5.41) is 26.0. The Morgan fingerprint density at radius 2 is 1.52 bits per heavy atom. The van der Waals surface area contributed by atoms with Crippen LogP contribution < -0.4 is 11.5 Å². The van der Waals surface area contributed by atoms with Gasteiger partial charge >= 0.3 is 0 Å². The lowest BCUT2D eigenvalue weighted by molar-refractivity contribution is 0.777. The molecular weight excluding hydrogens is 296 g/mol. The Kier molecular flexibility index (Phi) is 3.13. The molecule has 0 saturated carbocycles. The van der Waals surface area contributed by atoms with Gasteiger partial charge in [-0.25, -0.2) is 4.98 Å². The minimum Gasteiger partial charge on any atom is -0.382 e. The first-order chi connectivity index (χ1) is 11.0. The first-order valence-corrected chi connectivity index (χ1v) is 6.38. The highest BCUT2D eigenvalue weighted by Gasteiger charge is 2.15. The maximum Gasteiger partial charge on any atom is 0.254 e. The summed E-state index contributed by atoms with van der Waals surface area (Å²) in [6.07, 6.45) is 2.68. The van der Waals surface area contributed by atoms with E-state index in [2.05, 4.69) is 20.2 Å². The number of nitrogen functional groups attached to an aromatic ring is 2. The zero-order valence-corrected chi connectivity index (χ0v) is 12.0. The predicted octanol–water partition coefficient (Wildman–Crippen LogP) is 0.0642. The minimum absolute atomic E-state index is 0.134. The van der Waals surface area contributed by atoms with Crippen molar-refractivity contribution in [3.63, 3.8) is 0 Å². The molecule has 0 bridgehead atoms. The summed E-state index contributed by atoms with van der Waals surface area (Å²) in [4.78, 5) is 8.55. The number of rotatable bonds is 2. The molecule has 0 fully saturated rings. The number of nitrogens with two attached hydrogens (primary N) is 2. The largest absolute Gasteiger partial charge is 0.382 e. The molecule has 3 aromatic rings. The van der Waals surface area contributed by atoms with Crippen molar-refractivity contribution < 1.29 is 0 Å². The topological polar surface area (TPSA) is 161 Å². The second-order valence-electron chi connectivity index (χ2n) is 4.60. The average molecular weight is 306 g/mol. The average Bonchev–Trinajstić information content (AvgIpc) is 3.09. The Balaban J connectivity index is 2.17. The van der Waals surface area contributed by atoms with Gasteiger partial charge in [0.2, 0.25) is 0 Å². The van der Waals surface area contributed by atoms with Crippen LogP contribution in [0, 0.1) is 29.6 Å². The Hall–Kier alpha value is -3.92. The van der Waals surface area contributed by atoms with Gasteiger partial charge in [0.25, 0.3) is 5.95 Å². The Morgan fingerprint density at radius 3 is 2.09 bits per heavy atom. The zero-order valence-electron chi connectivity index (χ0n) is 12.0. The summed E-state index contributed by atoms with van der Waals surface area (Å²) < 4.78 is 2.57. The molecule has 4 N–H and O–H groups in total. The van der Waals surface area contributed by atoms with E-state index in [-0.39, 0.29) is 28.7 Å². The van der Waals surface area contributed by atoms with E-state index < -0.39 is 0 Å². The molecule has 0 aliphatic carbocycles. The first kappa shape index (κ1) is 14.0. The fraction of sp³-hybridized carbons (Fsp3) is 0.0769. The van der Waals surface area contributed by atoms with E-state index >= 15 is 0 Å². The summed E-state index contributed by atoms with van der Waals surface area (Å²) in [6, 6.07) is 5.52. The van der Waals surface area contributed by atoms with Gasteiger partial charge in [0.15, 0.2) is 5.82 Å². The molecule has 3 heterocycles. The maximum atomic E-state index is 8.95. The van der Waals surface area contributed by atoms with Gasteiger partial charge in [-0.3, -0.25) is 0 Å². The van der Waals surface area contributed by atoms with Crippen LogP contribution in [-0.4, -0.2) is 29.5 Å². The number of anilines is 2. The van der Waals surface area contributed by atoms with Crippen molar-refractivity contribution in [1.29, 1.82) is 10.5 Å². The molecule has 10 nitrogen and oxygen atoms in total. The fourth-order valence-electron chi connectivity index (χ4n) is 1.97. The number of hydrogen-bond acceptors (Lipinski definition) is 8. The Bertz CT molecular complexity index is 905. The highest BCUT2D eigenvalue weighted by atomic mass is 15.4. The van der Waals surface area contributed by atoms with Gasteiger partial charge in [-0.15, -0.1) is 0 Å². The number of hydrogen-bond donors (Lipinski definition) is 2. The van der Waals surface area contributed by atoms with E-state index in [1.807, 2.05) is 12.1 Å². The lowest BCUT2D eigenvalue weighted by Gasteiger charge is -2.08. The molecule has 0 unspecified atom stereocenters. The van der Waals surface area contributed by atoms with E-state index in [0.717, 1.165) is 0 Å². The fourth-order valence-corrected chi connectivity index (χ4v) is 1.97. The van der Waals surface area contributed by atoms with Gasteiger partial charge in [0.1, 0.15) is 34.9 Å². The number of nitrogens with zero attached hydrogens (tertiary/aromatic N) is 8. The molecule has 0 amide bonds. The van der Waals surface area contributed by atoms with Crippen molar-refractivity contribution in [3.05, 3.63) is 35.3 Å². The van der Waals surface area contributed by atoms with Crippen molar-refractivity contribution in [2.24, 2.45) is 0 Å². The molecule has 0 atom stereocenters. The van der Waals surface area contributed by atoms with Gasteiger partial charge in [0, 0.05) is 11.8 Å². The number of nitriles is 2. The molecule has 0 radical (unpaired) electrons. The summed E-state index contributed by atoms with van der Waals surface area (Å²) in [5.41, 5.74) is 12.8. The third kappa shape index (κ3) is 2.20. The summed E-state index contributed by atoms with van der Waals surface area (Å²) in [7, 11) is 0. The molecule has 23 heavy (non-hydrogen) atoms. The minimum atomic E-state index is 0.134. The predicted molar refractivity (Wildman–Crippen MR) is 79.3 cm³/mol. The van der Waals surface area contributed by atoms with Crippen LogP contribution in [0.4, 0.5) is 11.6 Å². The molecule has 112 valence electrons. The molecule has 0 aromatic carbocycles. The normalized spacial score (nSPS) is 10.2. The molecule has 10 heteroatoms. The second kappa shape index (κ2) is 5.13. The lowest BCUT2D eigenvalue weighted by Crippen LogP contribution is -2.12. The molecular formula is C13H10N10. The van der Waals surface area contributed by atoms with E-state index in [9.17, 15) is 0 Å². The molecule has 0 spiro atoms. The molecule has 0 saturated heterocycles. The van der Waals surface area contributed by atoms with Crippen LogP contribution in [-0.2, 0) is 0 Å². The lowest BCUT2D eigenvalue weighted by atomic mass is 10.3. The molecule has 3 aromatic heterocycles. The molecule has 0 aliphatic rings. The SMILES string of the molecule is Cc1cc(-n2ncc(C#N)c2N)nc(-n2ncc(C#N)c2N)n1. The van der Waals surface area contributed by atoms with E-state index in [1.165, 1.54) is 21.8 Å².